The number of hydrogen-bond donors (Lipinski definition) is 1. The third-order valence-corrected chi connectivity index (χ3v) is 4.68. The molecule has 0 atom stereocenters. The second kappa shape index (κ2) is 6.88. The molecule has 0 saturated heterocycles. The first-order chi connectivity index (χ1) is 13.3. The average molecular weight is 440 g/mol. The molecule has 0 aliphatic carbocycles. The summed E-state index contributed by atoms with van der Waals surface area (Å²) in [6.45, 7) is 0. The zero-order valence-electron chi connectivity index (χ0n) is 13.7. The van der Waals surface area contributed by atoms with Gasteiger partial charge in [0.2, 0.25) is 17.4 Å². The van der Waals surface area contributed by atoms with E-state index in [-0.39, 0.29) is 10.8 Å². The van der Waals surface area contributed by atoms with E-state index < -0.39 is 61.5 Å². The molecule has 1 N–H and O–H groups in total. The molecule has 0 heterocycles. The zero-order valence-corrected chi connectivity index (χ0v) is 14.5. The van der Waals surface area contributed by atoms with Gasteiger partial charge in [-0.05, 0) is 29.7 Å². The van der Waals surface area contributed by atoms with Crippen molar-refractivity contribution in [3.8, 4) is 11.5 Å². The van der Waals surface area contributed by atoms with Crippen LogP contribution in [-0.2, 0) is 16.3 Å². The molecule has 29 heavy (non-hydrogen) atoms. The largest absolute Gasteiger partial charge is 0.450 e. The minimum absolute atomic E-state index is 0.0144. The zero-order chi connectivity index (χ0) is 21.7. The topological polar surface area (TPSA) is 63.6 Å². The predicted molar refractivity (Wildman–Crippen MR) is 85.1 cm³/mol. The molecule has 0 aromatic heterocycles. The molecule has 0 amide bonds. The lowest BCUT2D eigenvalue weighted by molar-refractivity contribution is -0.143. The fourth-order valence-corrected chi connectivity index (χ4v) is 3.06. The van der Waals surface area contributed by atoms with Gasteiger partial charge in [0, 0.05) is 5.39 Å². The van der Waals surface area contributed by atoms with Crippen LogP contribution in [0.2, 0.25) is 0 Å². The molecule has 0 spiro atoms. The van der Waals surface area contributed by atoms with E-state index in [9.17, 15) is 39.2 Å². The predicted octanol–water partition coefficient (Wildman–Crippen LogP) is 5.45. The maximum atomic E-state index is 14.0. The standard InChI is InChI=1S/C17H7F7O4S/c18-12-11(17(22,23)24)13(19)15(21)16(14(12)20)28-10-3-1-2-7-6-8(29(25,26)27)4-5-9(7)10/h1-6H,(H,25,26,27). The van der Waals surface area contributed by atoms with Crippen molar-refractivity contribution >= 4 is 20.9 Å². The Bertz CT molecular complexity index is 1210. The molecule has 0 radical (unpaired) electrons. The van der Waals surface area contributed by atoms with Crippen molar-refractivity contribution in [1.82, 2.24) is 0 Å². The van der Waals surface area contributed by atoms with E-state index in [1.807, 2.05) is 0 Å². The fraction of sp³-hybridized carbons (Fsp3) is 0.0588. The van der Waals surface area contributed by atoms with Crippen molar-refractivity contribution in [2.75, 3.05) is 0 Å². The normalized spacial score (nSPS) is 12.4. The number of benzene rings is 3. The molecule has 0 fully saturated rings. The summed E-state index contributed by atoms with van der Waals surface area (Å²) in [6.07, 6.45) is -5.69. The van der Waals surface area contributed by atoms with Crippen molar-refractivity contribution < 1.29 is 48.4 Å². The van der Waals surface area contributed by atoms with E-state index in [0.717, 1.165) is 24.3 Å². The fourth-order valence-electron chi connectivity index (χ4n) is 2.54. The summed E-state index contributed by atoms with van der Waals surface area (Å²) in [5, 5.41) is 0.0608. The summed E-state index contributed by atoms with van der Waals surface area (Å²) >= 11 is 0. The summed E-state index contributed by atoms with van der Waals surface area (Å²) in [4.78, 5) is -0.522. The Labute approximate surface area is 157 Å². The summed E-state index contributed by atoms with van der Waals surface area (Å²) in [5.74, 6) is -12.4. The van der Waals surface area contributed by atoms with Crippen LogP contribution >= 0.6 is 0 Å². The van der Waals surface area contributed by atoms with Gasteiger partial charge in [-0.25, -0.2) is 8.78 Å². The first-order valence-corrected chi connectivity index (χ1v) is 8.87. The summed E-state index contributed by atoms with van der Waals surface area (Å²) in [5.41, 5.74) is -2.74. The van der Waals surface area contributed by atoms with Crippen molar-refractivity contribution in [3.05, 3.63) is 65.2 Å². The van der Waals surface area contributed by atoms with Crippen LogP contribution in [0.3, 0.4) is 0 Å². The van der Waals surface area contributed by atoms with Crippen LogP contribution in [0, 0.1) is 23.3 Å². The highest BCUT2D eigenvalue weighted by molar-refractivity contribution is 7.85. The maximum absolute atomic E-state index is 14.0. The molecule has 0 unspecified atom stereocenters. The van der Waals surface area contributed by atoms with Crippen LogP contribution in [0.4, 0.5) is 30.7 Å². The van der Waals surface area contributed by atoms with Gasteiger partial charge in [-0.15, -0.1) is 0 Å². The highest BCUT2D eigenvalue weighted by Crippen LogP contribution is 2.41. The number of ether oxygens (including phenoxy) is 1. The van der Waals surface area contributed by atoms with Crippen LogP contribution in [-0.4, -0.2) is 13.0 Å². The second-order valence-corrected chi connectivity index (χ2v) is 7.10. The Hall–Kier alpha value is -2.86. The van der Waals surface area contributed by atoms with E-state index in [1.165, 1.54) is 12.1 Å². The highest BCUT2D eigenvalue weighted by Gasteiger charge is 2.43. The maximum Gasteiger partial charge on any atom is 0.422 e. The van der Waals surface area contributed by atoms with E-state index >= 15 is 0 Å². The van der Waals surface area contributed by atoms with Crippen LogP contribution in [0.1, 0.15) is 5.56 Å². The molecule has 154 valence electrons. The van der Waals surface area contributed by atoms with Gasteiger partial charge < -0.3 is 4.74 Å². The lowest BCUT2D eigenvalue weighted by atomic mass is 10.1. The minimum Gasteiger partial charge on any atom is -0.450 e. The van der Waals surface area contributed by atoms with Gasteiger partial charge in [-0.2, -0.15) is 30.4 Å². The first kappa shape index (κ1) is 20.9. The van der Waals surface area contributed by atoms with Crippen LogP contribution in [0.5, 0.6) is 11.5 Å². The molecule has 0 saturated carbocycles. The quantitative estimate of drug-likeness (QED) is 0.334. The van der Waals surface area contributed by atoms with Gasteiger partial charge in [0.15, 0.2) is 11.6 Å². The lowest BCUT2D eigenvalue weighted by Gasteiger charge is -2.15. The number of rotatable bonds is 3. The van der Waals surface area contributed by atoms with Gasteiger partial charge in [0.05, 0.1) is 4.90 Å². The molecule has 3 rings (SSSR count). The van der Waals surface area contributed by atoms with Crippen LogP contribution in [0.15, 0.2) is 41.3 Å². The molecule has 0 bridgehead atoms. The first-order valence-electron chi connectivity index (χ1n) is 7.43. The second-order valence-electron chi connectivity index (χ2n) is 5.67. The summed E-state index contributed by atoms with van der Waals surface area (Å²) < 4.78 is 130. The molecule has 3 aromatic carbocycles. The van der Waals surface area contributed by atoms with Crippen molar-refractivity contribution in [2.45, 2.75) is 11.1 Å². The third kappa shape index (κ3) is 3.72. The molecule has 3 aromatic rings. The molecule has 0 aliphatic heterocycles. The Morgan fingerprint density at radius 2 is 1.45 bits per heavy atom. The smallest absolute Gasteiger partial charge is 0.422 e. The third-order valence-electron chi connectivity index (χ3n) is 3.83. The highest BCUT2D eigenvalue weighted by atomic mass is 32.2. The number of hydrogen-bond acceptors (Lipinski definition) is 3. The number of halogens is 7. The van der Waals surface area contributed by atoms with Crippen molar-refractivity contribution in [1.29, 1.82) is 0 Å². The SMILES string of the molecule is O=S(=O)(O)c1ccc2c(Oc3c(F)c(F)c(C(F)(F)F)c(F)c3F)cccc2c1. The van der Waals surface area contributed by atoms with E-state index in [0.29, 0.717) is 0 Å². The Morgan fingerprint density at radius 3 is 1.97 bits per heavy atom. The van der Waals surface area contributed by atoms with Crippen molar-refractivity contribution in [3.63, 3.8) is 0 Å². The monoisotopic (exact) mass is 440 g/mol. The molecular weight excluding hydrogens is 433 g/mol. The molecule has 0 aliphatic rings. The number of fused-ring (bicyclic) bond motifs is 1. The van der Waals surface area contributed by atoms with E-state index in [1.54, 1.807) is 0 Å². The lowest BCUT2D eigenvalue weighted by Crippen LogP contribution is -2.15. The van der Waals surface area contributed by atoms with Crippen LogP contribution in [0.25, 0.3) is 10.8 Å². The van der Waals surface area contributed by atoms with Gasteiger partial charge in [0.1, 0.15) is 11.3 Å². The molecule has 4 nitrogen and oxygen atoms in total. The van der Waals surface area contributed by atoms with E-state index in [4.69, 9.17) is 9.29 Å². The van der Waals surface area contributed by atoms with Gasteiger partial charge in [-0.3, -0.25) is 4.55 Å². The van der Waals surface area contributed by atoms with Gasteiger partial charge >= 0.3 is 6.18 Å². The van der Waals surface area contributed by atoms with Crippen LogP contribution < -0.4 is 4.74 Å². The van der Waals surface area contributed by atoms with Crippen molar-refractivity contribution in [2.24, 2.45) is 0 Å². The van der Waals surface area contributed by atoms with Gasteiger partial charge in [0.25, 0.3) is 10.1 Å². The molecular formula is C17H7F7O4S. The van der Waals surface area contributed by atoms with Gasteiger partial charge in [-0.1, -0.05) is 12.1 Å². The summed E-state index contributed by atoms with van der Waals surface area (Å²) in [7, 11) is -4.58. The Kier molecular flexibility index (Phi) is 4.95. The summed E-state index contributed by atoms with van der Waals surface area (Å²) in [6, 6.07) is 6.53. The van der Waals surface area contributed by atoms with E-state index in [2.05, 4.69) is 0 Å². The Balaban J connectivity index is 2.17. The Morgan fingerprint density at radius 1 is 0.862 bits per heavy atom. The minimum atomic E-state index is -5.69. The average Bonchev–Trinajstić information content (AvgIpc) is 2.61. The molecule has 12 heteroatoms. The number of alkyl halides is 3.